The van der Waals surface area contributed by atoms with Crippen LogP contribution in [-0.4, -0.2) is 28.8 Å². The Morgan fingerprint density at radius 1 is 1.06 bits per heavy atom. The third kappa shape index (κ3) is 4.95. The number of anilines is 3. The Labute approximate surface area is 188 Å². The molecule has 7 nitrogen and oxygen atoms in total. The lowest BCUT2D eigenvalue weighted by atomic mass is 10.1. The summed E-state index contributed by atoms with van der Waals surface area (Å²) in [5.41, 5.74) is 5.81. The van der Waals surface area contributed by atoms with E-state index in [4.69, 9.17) is 6.11 Å². The molecule has 2 aromatic heterocycles. The normalized spacial score (nSPS) is 14.3. The van der Waals surface area contributed by atoms with E-state index in [1.54, 1.807) is 6.20 Å². The van der Waals surface area contributed by atoms with Crippen molar-refractivity contribution in [1.82, 2.24) is 9.97 Å². The van der Waals surface area contributed by atoms with Gasteiger partial charge >= 0.3 is 0 Å². The highest BCUT2D eigenvalue weighted by molar-refractivity contribution is 5.83. The number of hydrogen-bond acceptors (Lipinski definition) is 6. The molecule has 0 fully saturated rings. The van der Waals surface area contributed by atoms with Gasteiger partial charge in [-0.25, -0.2) is 0 Å². The topological polar surface area (TPSA) is 86.7 Å². The molecule has 0 amide bonds. The van der Waals surface area contributed by atoms with Crippen LogP contribution in [0.1, 0.15) is 19.6 Å². The summed E-state index contributed by atoms with van der Waals surface area (Å²) in [5, 5.41) is 16.0. The lowest BCUT2D eigenvalue weighted by Crippen LogP contribution is -2.14. The average Bonchev–Trinajstić information content (AvgIpc) is 3.41. The van der Waals surface area contributed by atoms with Gasteiger partial charge in [0.1, 0.15) is 0 Å². The molecule has 0 saturated heterocycles. The number of pyridine rings is 1. The van der Waals surface area contributed by atoms with E-state index in [1.165, 1.54) is 10.9 Å². The number of ether oxygens (including phenoxy) is 1. The summed E-state index contributed by atoms with van der Waals surface area (Å²) >= 11 is 0. The minimum Gasteiger partial charge on any atom is -0.385 e. The second-order valence-corrected chi connectivity index (χ2v) is 8.11. The molecule has 0 unspecified atom stereocenters. The molecule has 0 bridgehead atoms. The molecule has 4 aromatic rings. The van der Waals surface area contributed by atoms with Gasteiger partial charge in [-0.3, -0.25) is 4.98 Å². The van der Waals surface area contributed by atoms with E-state index >= 15 is 0 Å². The molecule has 1 aliphatic rings. The minimum absolute atomic E-state index is 0.354. The van der Waals surface area contributed by atoms with Gasteiger partial charge < -0.3 is 20.4 Å². The molecule has 32 heavy (non-hydrogen) atoms. The number of nitrogens with one attached hydrogen (secondary N) is 3. The zero-order valence-electron chi connectivity index (χ0n) is 18.9. The molecule has 0 atom stereocenters. The molecule has 0 aliphatic carbocycles. The van der Waals surface area contributed by atoms with Gasteiger partial charge in [-0.15, -0.1) is 0 Å². The second-order valence-electron chi connectivity index (χ2n) is 8.11. The maximum Gasteiger partial charge on any atom is 0.211 e. The highest BCUT2D eigenvalue weighted by Crippen LogP contribution is 2.27. The van der Waals surface area contributed by atoms with Crippen LogP contribution in [0.4, 0.5) is 17.1 Å². The van der Waals surface area contributed by atoms with Crippen LogP contribution < -0.4 is 10.6 Å². The highest BCUT2D eigenvalue weighted by atomic mass is 16.5. The molecule has 0 saturated carbocycles. The number of aromatic nitrogens is 2. The molecule has 0 radical (unpaired) electrons. The Bertz CT molecular complexity index is 1280. The van der Waals surface area contributed by atoms with Crippen molar-refractivity contribution < 1.29 is 6.11 Å². The van der Waals surface area contributed by atoms with Gasteiger partial charge in [-0.05, 0) is 61.4 Å². The summed E-state index contributed by atoms with van der Waals surface area (Å²) in [6.07, 6.45) is 4.71. The van der Waals surface area contributed by atoms with E-state index in [9.17, 15) is 0 Å². The maximum atomic E-state index is 7.73. The standard InChI is InChI=1S/C25H26N6O/c1-25(30-31-25)17-32-16-22-14-21(11-13-27-22)29-20-8-6-19(7-9-20)26-12-10-18-15-28-24-5-3-2-4-23(18)24/h2-9,11,13-15,26,28H,10,12,16-17H2,1H3,(H,27,29)/i3T. The van der Waals surface area contributed by atoms with Crippen molar-refractivity contribution >= 4 is 28.0 Å². The lowest BCUT2D eigenvalue weighted by Gasteiger charge is -2.11. The number of H-pyrrole nitrogens is 1. The van der Waals surface area contributed by atoms with Crippen molar-refractivity contribution in [3.63, 3.8) is 0 Å². The number of nitrogens with zero attached hydrogens (tertiary/aromatic N) is 3. The Morgan fingerprint density at radius 3 is 2.75 bits per heavy atom. The quantitative estimate of drug-likeness (QED) is 0.304. The summed E-state index contributed by atoms with van der Waals surface area (Å²) in [7, 11) is 0. The fourth-order valence-electron chi connectivity index (χ4n) is 3.59. The largest absolute Gasteiger partial charge is 0.385 e. The monoisotopic (exact) mass is 428 g/mol. The summed E-state index contributed by atoms with van der Waals surface area (Å²) in [6, 6.07) is 18.4. The van der Waals surface area contributed by atoms with E-state index in [0.29, 0.717) is 19.3 Å². The van der Waals surface area contributed by atoms with Crippen molar-refractivity contribution in [2.24, 2.45) is 10.2 Å². The fourth-order valence-corrected chi connectivity index (χ4v) is 3.59. The lowest BCUT2D eigenvalue weighted by molar-refractivity contribution is 0.0983. The van der Waals surface area contributed by atoms with E-state index in [0.717, 1.165) is 41.2 Å². The molecule has 3 N–H and O–H groups in total. The maximum absolute atomic E-state index is 7.73. The van der Waals surface area contributed by atoms with Gasteiger partial charge in [-0.1, -0.05) is 18.2 Å². The van der Waals surface area contributed by atoms with Crippen LogP contribution in [0.2, 0.25) is 0 Å². The highest BCUT2D eigenvalue weighted by Gasteiger charge is 2.33. The van der Waals surface area contributed by atoms with E-state index < -0.39 is 0 Å². The molecule has 1 aliphatic heterocycles. The molecule has 0 spiro atoms. The Morgan fingerprint density at radius 2 is 1.91 bits per heavy atom. The first kappa shape index (κ1) is 19.0. The number of rotatable bonds is 10. The van der Waals surface area contributed by atoms with Crippen LogP contribution in [0, 0.1) is 0 Å². The third-order valence-electron chi connectivity index (χ3n) is 5.39. The Balaban J connectivity index is 1.12. The van der Waals surface area contributed by atoms with Crippen molar-refractivity contribution in [3.8, 4) is 0 Å². The van der Waals surface area contributed by atoms with Gasteiger partial charge in [0.2, 0.25) is 5.66 Å². The van der Waals surface area contributed by atoms with E-state index in [1.807, 2.05) is 43.5 Å². The van der Waals surface area contributed by atoms with Crippen molar-refractivity contribution in [1.29, 1.82) is 0 Å². The zero-order chi connectivity index (χ0) is 22.7. The van der Waals surface area contributed by atoms with Crippen LogP contribution in [0.5, 0.6) is 0 Å². The molecule has 3 heterocycles. The van der Waals surface area contributed by atoms with Gasteiger partial charge in [0.05, 0.1) is 20.3 Å². The molecular weight excluding hydrogens is 400 g/mol. The van der Waals surface area contributed by atoms with Crippen molar-refractivity contribution in [2.45, 2.75) is 25.6 Å². The number of para-hydroxylation sites is 1. The van der Waals surface area contributed by atoms with Crippen LogP contribution in [0.25, 0.3) is 10.9 Å². The van der Waals surface area contributed by atoms with Crippen molar-refractivity contribution in [2.75, 3.05) is 23.8 Å². The summed E-state index contributed by atoms with van der Waals surface area (Å²) in [5.74, 6) is 0. The van der Waals surface area contributed by atoms with E-state index in [-0.39, 0.29) is 5.66 Å². The summed E-state index contributed by atoms with van der Waals surface area (Å²) < 4.78 is 13.4. The Hall–Kier alpha value is -3.71. The first-order valence-electron chi connectivity index (χ1n) is 11.2. The van der Waals surface area contributed by atoms with E-state index in [2.05, 4.69) is 55.1 Å². The van der Waals surface area contributed by atoms with Crippen LogP contribution >= 0.6 is 0 Å². The van der Waals surface area contributed by atoms with Crippen LogP contribution in [0.15, 0.2) is 83.3 Å². The number of hydrogen-bond donors (Lipinski definition) is 3. The van der Waals surface area contributed by atoms with Crippen LogP contribution in [-0.2, 0) is 17.8 Å². The van der Waals surface area contributed by atoms with Gasteiger partial charge in [0.15, 0.2) is 0 Å². The molecular formula is C25H26N6O. The first-order chi connectivity index (χ1) is 16.1. The number of fused-ring (bicyclic) bond motifs is 1. The number of aromatic amines is 1. The molecule has 162 valence electrons. The van der Waals surface area contributed by atoms with Crippen LogP contribution in [0.3, 0.4) is 0 Å². The predicted octanol–water partition coefficient (Wildman–Crippen LogP) is 5.66. The summed E-state index contributed by atoms with van der Waals surface area (Å²) in [6.45, 7) is 3.68. The van der Waals surface area contributed by atoms with Gasteiger partial charge in [0.25, 0.3) is 0 Å². The molecule has 5 rings (SSSR count). The predicted molar refractivity (Wildman–Crippen MR) is 127 cm³/mol. The third-order valence-corrected chi connectivity index (χ3v) is 5.39. The Kier molecular flexibility index (Phi) is 5.23. The minimum atomic E-state index is -0.354. The second kappa shape index (κ2) is 8.80. The zero-order valence-corrected chi connectivity index (χ0v) is 17.9. The smallest absolute Gasteiger partial charge is 0.211 e. The first-order valence-corrected chi connectivity index (χ1v) is 10.7. The average molecular weight is 429 g/mol. The van der Waals surface area contributed by atoms with Gasteiger partial charge in [0, 0.05) is 46.9 Å². The van der Waals surface area contributed by atoms with Gasteiger partial charge in [-0.2, -0.15) is 10.2 Å². The fraction of sp³-hybridized carbons (Fsp3) is 0.240. The molecule has 2 aromatic carbocycles. The van der Waals surface area contributed by atoms with Crippen molar-refractivity contribution in [3.05, 3.63) is 84.3 Å². The summed E-state index contributed by atoms with van der Waals surface area (Å²) in [4.78, 5) is 7.62. The SMILES string of the molecule is [3H]c1ccc2c(CCNc3ccc(Nc4ccnc(COCC5(C)N=N5)c4)cc3)c[nH]c2c1. The molecule has 7 heteroatoms. The number of benzene rings is 2.